The Morgan fingerprint density at radius 1 is 1.50 bits per heavy atom. The fourth-order valence-electron chi connectivity index (χ4n) is 1.01. The van der Waals surface area contributed by atoms with Gasteiger partial charge in [-0.05, 0) is 12.1 Å². The van der Waals surface area contributed by atoms with Crippen molar-refractivity contribution in [3.63, 3.8) is 0 Å². The number of hydrogen-bond acceptors (Lipinski definition) is 3. The molecule has 0 spiro atoms. The molecule has 1 aromatic carbocycles. The van der Waals surface area contributed by atoms with Crippen molar-refractivity contribution in [3.8, 4) is 5.75 Å². The third kappa shape index (κ3) is 2.74. The lowest BCUT2D eigenvalue weighted by Crippen LogP contribution is -2.30. The van der Waals surface area contributed by atoms with Crippen LogP contribution in [0, 0.1) is 0 Å². The van der Waals surface area contributed by atoms with E-state index in [1.165, 1.54) is 0 Å². The molecule has 1 N–H and O–H groups in total. The maximum atomic E-state index is 11.2. The van der Waals surface area contributed by atoms with E-state index in [1.54, 1.807) is 12.1 Å². The molecule has 0 saturated carbocycles. The van der Waals surface area contributed by atoms with Gasteiger partial charge in [-0.15, -0.1) is 0 Å². The maximum absolute atomic E-state index is 11.2. The van der Waals surface area contributed by atoms with Crippen molar-refractivity contribution in [2.24, 2.45) is 0 Å². The average Bonchev–Trinajstić information content (AvgIpc) is 3.00. The normalized spacial score (nSPS) is 18.7. The molecule has 14 heavy (non-hydrogen) atoms. The van der Waals surface area contributed by atoms with Gasteiger partial charge in [-0.1, -0.05) is 18.2 Å². The first-order chi connectivity index (χ1) is 6.84. The van der Waals surface area contributed by atoms with Gasteiger partial charge in [0, 0.05) is 6.54 Å². The molecule has 0 radical (unpaired) electrons. The molecular weight excluding hydrogens is 182 g/mol. The quantitative estimate of drug-likeness (QED) is 0.733. The molecule has 74 valence electrons. The zero-order valence-corrected chi connectivity index (χ0v) is 7.60. The van der Waals surface area contributed by atoms with E-state index in [0.29, 0.717) is 12.3 Å². The summed E-state index contributed by atoms with van der Waals surface area (Å²) in [4.78, 5) is 11.2. The Bertz CT molecular complexity index is 308. The highest BCUT2D eigenvalue weighted by atomic mass is 16.6. The molecule has 1 amide bonds. The predicted octanol–water partition coefficient (Wildman–Crippen LogP) is 1.17. The summed E-state index contributed by atoms with van der Waals surface area (Å²) in [5.74, 6) is 0.543. The predicted molar refractivity (Wildman–Crippen MR) is 50.2 cm³/mol. The van der Waals surface area contributed by atoms with Crippen LogP contribution in [-0.2, 0) is 4.74 Å². The Morgan fingerprint density at radius 3 is 2.86 bits per heavy atom. The lowest BCUT2D eigenvalue weighted by atomic mass is 10.3. The summed E-state index contributed by atoms with van der Waals surface area (Å²) in [6, 6.07) is 8.95. The number of nitrogens with one attached hydrogen (secondary N) is 1. The van der Waals surface area contributed by atoms with E-state index in [1.807, 2.05) is 18.2 Å². The largest absolute Gasteiger partial charge is 0.412 e. The smallest absolute Gasteiger partial charge is 0.410 e. The number of amides is 1. The summed E-state index contributed by atoms with van der Waals surface area (Å²) in [6.45, 7) is 1.25. The van der Waals surface area contributed by atoms with Crippen molar-refractivity contribution in [1.29, 1.82) is 0 Å². The molecule has 0 bridgehead atoms. The van der Waals surface area contributed by atoms with E-state index in [2.05, 4.69) is 5.32 Å². The summed E-state index contributed by atoms with van der Waals surface area (Å²) < 4.78 is 9.93. The molecule has 1 aromatic rings. The summed E-state index contributed by atoms with van der Waals surface area (Å²) in [5.41, 5.74) is 0. The first kappa shape index (κ1) is 9.02. The van der Waals surface area contributed by atoms with Gasteiger partial charge < -0.3 is 14.8 Å². The van der Waals surface area contributed by atoms with E-state index in [-0.39, 0.29) is 6.10 Å². The van der Waals surface area contributed by atoms with Gasteiger partial charge in [-0.25, -0.2) is 4.79 Å². The summed E-state index contributed by atoms with van der Waals surface area (Å²) in [7, 11) is 0. The van der Waals surface area contributed by atoms with Crippen LogP contribution in [0.5, 0.6) is 5.75 Å². The molecule has 1 fully saturated rings. The Hall–Kier alpha value is -1.55. The van der Waals surface area contributed by atoms with Crippen molar-refractivity contribution in [1.82, 2.24) is 5.32 Å². The highest BCUT2D eigenvalue weighted by Crippen LogP contribution is 2.09. The van der Waals surface area contributed by atoms with Crippen molar-refractivity contribution >= 4 is 6.09 Å². The number of carbonyl (C=O) groups excluding carboxylic acids is 1. The molecule has 4 heteroatoms. The van der Waals surface area contributed by atoms with Crippen molar-refractivity contribution < 1.29 is 14.3 Å². The molecule has 1 atom stereocenters. The van der Waals surface area contributed by atoms with E-state index >= 15 is 0 Å². The number of carbonyl (C=O) groups is 1. The van der Waals surface area contributed by atoms with Crippen molar-refractivity contribution in [2.45, 2.75) is 6.10 Å². The van der Waals surface area contributed by atoms with Crippen molar-refractivity contribution in [2.75, 3.05) is 13.2 Å². The van der Waals surface area contributed by atoms with Gasteiger partial charge in [0.05, 0.1) is 12.7 Å². The second-order valence-corrected chi connectivity index (χ2v) is 3.04. The Balaban J connectivity index is 1.76. The fourth-order valence-corrected chi connectivity index (χ4v) is 1.01. The number of ether oxygens (including phenoxy) is 2. The number of hydrogen-bond donors (Lipinski definition) is 1. The number of epoxide rings is 1. The minimum absolute atomic E-state index is 0.179. The van der Waals surface area contributed by atoms with Crippen LogP contribution in [-0.4, -0.2) is 25.3 Å². The SMILES string of the molecule is O=C(NCC1CO1)Oc1ccccc1. The van der Waals surface area contributed by atoms with Gasteiger partial charge in [-0.3, -0.25) is 0 Å². The molecule has 1 aliphatic rings. The van der Waals surface area contributed by atoms with Gasteiger partial charge in [0.1, 0.15) is 5.75 Å². The second kappa shape index (κ2) is 4.11. The Labute approximate surface area is 81.8 Å². The molecular formula is C10H11NO3. The van der Waals surface area contributed by atoms with Crippen LogP contribution in [0.4, 0.5) is 4.79 Å². The lowest BCUT2D eigenvalue weighted by Gasteiger charge is -2.04. The molecule has 2 rings (SSSR count). The monoisotopic (exact) mass is 193 g/mol. The van der Waals surface area contributed by atoms with Crippen LogP contribution < -0.4 is 10.1 Å². The van der Waals surface area contributed by atoms with Crippen LogP contribution in [0.1, 0.15) is 0 Å². The average molecular weight is 193 g/mol. The van der Waals surface area contributed by atoms with E-state index in [4.69, 9.17) is 9.47 Å². The Morgan fingerprint density at radius 2 is 2.21 bits per heavy atom. The minimum Gasteiger partial charge on any atom is -0.410 e. The first-order valence-corrected chi connectivity index (χ1v) is 4.47. The summed E-state index contributed by atoms with van der Waals surface area (Å²) in [6.07, 6.45) is -0.259. The highest BCUT2D eigenvalue weighted by Gasteiger charge is 2.22. The lowest BCUT2D eigenvalue weighted by molar-refractivity contribution is 0.199. The standard InChI is InChI=1S/C10H11NO3/c12-10(11-6-9-7-13-9)14-8-4-2-1-3-5-8/h1-5,9H,6-7H2,(H,11,12). The fraction of sp³-hybridized carbons (Fsp3) is 0.300. The van der Waals surface area contributed by atoms with E-state index < -0.39 is 6.09 Å². The van der Waals surface area contributed by atoms with Gasteiger partial charge in [0.25, 0.3) is 0 Å². The summed E-state index contributed by atoms with van der Waals surface area (Å²) in [5, 5.41) is 2.61. The molecule has 1 unspecified atom stereocenters. The second-order valence-electron chi connectivity index (χ2n) is 3.04. The molecule has 1 aliphatic heterocycles. The number of para-hydroxylation sites is 1. The topological polar surface area (TPSA) is 50.9 Å². The van der Waals surface area contributed by atoms with Gasteiger partial charge in [0.2, 0.25) is 0 Å². The van der Waals surface area contributed by atoms with E-state index in [9.17, 15) is 4.79 Å². The third-order valence-corrected chi connectivity index (χ3v) is 1.83. The van der Waals surface area contributed by atoms with Crippen LogP contribution in [0.2, 0.25) is 0 Å². The Kier molecular flexibility index (Phi) is 2.65. The molecule has 4 nitrogen and oxygen atoms in total. The maximum Gasteiger partial charge on any atom is 0.412 e. The van der Waals surface area contributed by atoms with Gasteiger partial charge >= 0.3 is 6.09 Å². The highest BCUT2D eigenvalue weighted by molar-refractivity contribution is 5.70. The summed E-state index contributed by atoms with van der Waals surface area (Å²) >= 11 is 0. The number of rotatable bonds is 3. The van der Waals surface area contributed by atoms with Crippen molar-refractivity contribution in [3.05, 3.63) is 30.3 Å². The molecule has 0 aromatic heterocycles. The minimum atomic E-state index is -0.438. The molecule has 1 heterocycles. The van der Waals surface area contributed by atoms with Crippen LogP contribution in [0.3, 0.4) is 0 Å². The van der Waals surface area contributed by atoms with Gasteiger partial charge in [-0.2, -0.15) is 0 Å². The van der Waals surface area contributed by atoms with Crippen LogP contribution in [0.25, 0.3) is 0 Å². The van der Waals surface area contributed by atoms with E-state index in [0.717, 1.165) is 6.61 Å². The first-order valence-electron chi connectivity index (χ1n) is 4.47. The molecule has 1 saturated heterocycles. The third-order valence-electron chi connectivity index (χ3n) is 1.83. The molecule has 0 aliphatic carbocycles. The zero-order chi connectivity index (χ0) is 9.80. The van der Waals surface area contributed by atoms with Gasteiger partial charge in [0.15, 0.2) is 0 Å². The zero-order valence-electron chi connectivity index (χ0n) is 7.60. The van der Waals surface area contributed by atoms with Crippen LogP contribution >= 0.6 is 0 Å². The van der Waals surface area contributed by atoms with Crippen LogP contribution in [0.15, 0.2) is 30.3 Å². The number of benzene rings is 1.